The summed E-state index contributed by atoms with van der Waals surface area (Å²) in [5.74, 6) is 0.787. The van der Waals surface area contributed by atoms with E-state index < -0.39 is 9.84 Å². The Morgan fingerprint density at radius 2 is 2.22 bits per heavy atom. The molecular weight excluding hydrogens is 318 g/mol. The van der Waals surface area contributed by atoms with Crippen molar-refractivity contribution in [3.63, 3.8) is 0 Å². The fourth-order valence-electron chi connectivity index (χ4n) is 2.45. The van der Waals surface area contributed by atoms with E-state index in [1.807, 2.05) is 12.1 Å². The lowest BCUT2D eigenvalue weighted by molar-refractivity contribution is -0.123. The molecule has 126 valence electrons. The number of amides is 1. The van der Waals surface area contributed by atoms with Crippen molar-refractivity contribution in [2.45, 2.75) is 18.9 Å². The van der Waals surface area contributed by atoms with Gasteiger partial charge in [0.2, 0.25) is 0 Å². The molecule has 0 radical (unpaired) electrons. The van der Waals surface area contributed by atoms with Crippen LogP contribution in [-0.2, 0) is 21.1 Å². The van der Waals surface area contributed by atoms with E-state index in [0.29, 0.717) is 24.3 Å². The van der Waals surface area contributed by atoms with Crippen molar-refractivity contribution >= 4 is 15.7 Å². The number of nitrogens with one attached hydrogen (secondary N) is 1. The van der Waals surface area contributed by atoms with Gasteiger partial charge in [-0.25, -0.2) is 8.42 Å². The fourth-order valence-corrected chi connectivity index (χ4v) is 4.12. The Hall–Kier alpha value is -2.02. The monoisotopic (exact) mass is 339 g/mol. The molecule has 6 nitrogen and oxygen atoms in total. The number of sulfone groups is 1. The largest absolute Gasteiger partial charge is 0.493 e. The number of ether oxygens (including phenoxy) is 2. The maximum atomic E-state index is 11.9. The van der Waals surface area contributed by atoms with E-state index in [4.69, 9.17) is 9.47 Å². The topological polar surface area (TPSA) is 81.7 Å². The van der Waals surface area contributed by atoms with Crippen LogP contribution < -0.4 is 14.8 Å². The minimum atomic E-state index is -3.01. The maximum Gasteiger partial charge on any atom is 0.258 e. The zero-order valence-electron chi connectivity index (χ0n) is 13.1. The van der Waals surface area contributed by atoms with Crippen molar-refractivity contribution in [2.24, 2.45) is 0 Å². The van der Waals surface area contributed by atoms with Gasteiger partial charge >= 0.3 is 0 Å². The van der Waals surface area contributed by atoms with Crippen LogP contribution in [0.4, 0.5) is 0 Å². The second-order valence-electron chi connectivity index (χ2n) is 5.43. The highest BCUT2D eigenvalue weighted by molar-refractivity contribution is 7.91. The van der Waals surface area contributed by atoms with E-state index in [2.05, 4.69) is 11.9 Å². The SMILES string of the molecule is C=CCc1ccc(OCC(=O)N[C@@H]2CCS(=O)(=O)C2)c(OC)c1. The Morgan fingerprint density at radius 3 is 2.83 bits per heavy atom. The molecule has 1 fully saturated rings. The summed E-state index contributed by atoms with van der Waals surface area (Å²) >= 11 is 0. The fraction of sp³-hybridized carbons (Fsp3) is 0.438. The molecule has 1 heterocycles. The first kappa shape index (κ1) is 17.3. The van der Waals surface area contributed by atoms with Crippen LogP contribution >= 0.6 is 0 Å². The van der Waals surface area contributed by atoms with Crippen molar-refractivity contribution in [3.8, 4) is 11.5 Å². The van der Waals surface area contributed by atoms with Gasteiger partial charge in [-0.1, -0.05) is 12.1 Å². The summed E-state index contributed by atoms with van der Waals surface area (Å²) in [6.45, 7) is 3.50. The van der Waals surface area contributed by atoms with Gasteiger partial charge in [-0.15, -0.1) is 6.58 Å². The number of carbonyl (C=O) groups excluding carboxylic acids is 1. The molecule has 0 bridgehead atoms. The van der Waals surface area contributed by atoms with Crippen LogP contribution in [0.2, 0.25) is 0 Å². The van der Waals surface area contributed by atoms with Crippen LogP contribution in [-0.4, -0.2) is 45.6 Å². The summed E-state index contributed by atoms with van der Waals surface area (Å²) < 4.78 is 33.5. The summed E-state index contributed by atoms with van der Waals surface area (Å²) in [4.78, 5) is 11.9. The predicted octanol–water partition coefficient (Wildman–Crippen LogP) is 1.11. The second-order valence-corrected chi connectivity index (χ2v) is 7.66. The number of hydrogen-bond acceptors (Lipinski definition) is 5. The molecule has 0 aromatic heterocycles. The lowest BCUT2D eigenvalue weighted by atomic mass is 10.1. The van der Waals surface area contributed by atoms with Gasteiger partial charge in [0.05, 0.1) is 18.6 Å². The molecule has 7 heteroatoms. The van der Waals surface area contributed by atoms with Gasteiger partial charge in [0, 0.05) is 6.04 Å². The summed E-state index contributed by atoms with van der Waals surface area (Å²) in [5.41, 5.74) is 1.03. The molecular formula is C16H21NO5S. The minimum Gasteiger partial charge on any atom is -0.493 e. The Bertz CT molecular complexity index is 684. The van der Waals surface area contributed by atoms with E-state index in [9.17, 15) is 13.2 Å². The smallest absolute Gasteiger partial charge is 0.258 e. The van der Waals surface area contributed by atoms with Crippen molar-refractivity contribution in [1.82, 2.24) is 5.32 Å². The summed E-state index contributed by atoms with van der Waals surface area (Å²) in [6.07, 6.45) is 2.96. The average molecular weight is 339 g/mol. The first-order valence-corrected chi connectivity index (χ1v) is 9.16. The Morgan fingerprint density at radius 1 is 1.43 bits per heavy atom. The first-order chi connectivity index (χ1) is 10.9. The van der Waals surface area contributed by atoms with Crippen LogP contribution in [0.25, 0.3) is 0 Å². The molecule has 1 atom stereocenters. The molecule has 0 unspecified atom stereocenters. The molecule has 0 spiro atoms. The molecule has 1 aliphatic rings. The van der Waals surface area contributed by atoms with Crippen molar-refractivity contribution in [3.05, 3.63) is 36.4 Å². The van der Waals surface area contributed by atoms with Gasteiger partial charge in [-0.2, -0.15) is 0 Å². The molecule has 1 aromatic rings. The lowest BCUT2D eigenvalue weighted by Crippen LogP contribution is -2.38. The van der Waals surface area contributed by atoms with Crippen molar-refractivity contribution in [1.29, 1.82) is 0 Å². The average Bonchev–Trinajstić information content (AvgIpc) is 2.84. The van der Waals surface area contributed by atoms with Crippen molar-refractivity contribution in [2.75, 3.05) is 25.2 Å². The third kappa shape index (κ3) is 4.99. The van der Waals surface area contributed by atoms with E-state index in [1.165, 1.54) is 7.11 Å². The van der Waals surface area contributed by atoms with Gasteiger partial charge in [-0.05, 0) is 30.5 Å². The summed E-state index contributed by atoms with van der Waals surface area (Å²) in [5, 5.41) is 2.68. The molecule has 1 aromatic carbocycles. The number of methoxy groups -OCH3 is 1. The second kappa shape index (κ2) is 7.50. The molecule has 23 heavy (non-hydrogen) atoms. The standard InChI is InChI=1S/C16H21NO5S/c1-3-4-12-5-6-14(15(9-12)21-2)22-10-16(18)17-13-7-8-23(19,20)11-13/h3,5-6,9,13H,1,4,7-8,10-11H2,2H3,(H,17,18)/t13-/m1/s1. The highest BCUT2D eigenvalue weighted by atomic mass is 32.2. The molecule has 1 saturated heterocycles. The number of carbonyl (C=O) groups is 1. The highest BCUT2D eigenvalue weighted by Crippen LogP contribution is 2.28. The molecule has 2 rings (SSSR count). The molecule has 0 aliphatic carbocycles. The van der Waals surface area contributed by atoms with E-state index in [0.717, 1.165) is 5.56 Å². The third-order valence-corrected chi connectivity index (χ3v) is 5.33. The lowest BCUT2D eigenvalue weighted by Gasteiger charge is -2.14. The van der Waals surface area contributed by atoms with Crippen LogP contribution in [0.15, 0.2) is 30.9 Å². The predicted molar refractivity (Wildman–Crippen MR) is 87.6 cm³/mol. The minimum absolute atomic E-state index is 0.00168. The van der Waals surface area contributed by atoms with Crippen LogP contribution in [0.1, 0.15) is 12.0 Å². The third-order valence-electron chi connectivity index (χ3n) is 3.56. The zero-order valence-corrected chi connectivity index (χ0v) is 13.9. The molecule has 0 saturated carbocycles. The quantitative estimate of drug-likeness (QED) is 0.753. The van der Waals surface area contributed by atoms with Gasteiger partial charge in [-0.3, -0.25) is 4.79 Å². The van der Waals surface area contributed by atoms with E-state index >= 15 is 0 Å². The zero-order chi connectivity index (χ0) is 16.9. The Balaban J connectivity index is 1.90. The van der Waals surface area contributed by atoms with E-state index in [1.54, 1.807) is 12.1 Å². The number of hydrogen-bond donors (Lipinski definition) is 1. The molecule has 1 aliphatic heterocycles. The normalized spacial score (nSPS) is 19.1. The van der Waals surface area contributed by atoms with E-state index in [-0.39, 0.29) is 30.1 Å². The number of benzene rings is 1. The van der Waals surface area contributed by atoms with Crippen LogP contribution in [0.3, 0.4) is 0 Å². The van der Waals surface area contributed by atoms with Gasteiger partial charge in [0.25, 0.3) is 5.91 Å². The maximum absolute atomic E-state index is 11.9. The van der Waals surface area contributed by atoms with Gasteiger partial charge < -0.3 is 14.8 Å². The highest BCUT2D eigenvalue weighted by Gasteiger charge is 2.28. The molecule has 1 N–H and O–H groups in total. The van der Waals surface area contributed by atoms with Gasteiger partial charge in [0.15, 0.2) is 27.9 Å². The van der Waals surface area contributed by atoms with Crippen molar-refractivity contribution < 1.29 is 22.7 Å². The number of allylic oxidation sites excluding steroid dienone is 1. The Kier molecular flexibility index (Phi) is 5.65. The van der Waals surface area contributed by atoms with Crippen LogP contribution in [0.5, 0.6) is 11.5 Å². The van der Waals surface area contributed by atoms with Gasteiger partial charge in [0.1, 0.15) is 0 Å². The molecule has 1 amide bonds. The van der Waals surface area contributed by atoms with Crippen LogP contribution in [0, 0.1) is 0 Å². The summed E-state index contributed by atoms with van der Waals surface area (Å²) in [6, 6.07) is 5.12. The Labute approximate surface area is 136 Å². The first-order valence-electron chi connectivity index (χ1n) is 7.34. The summed E-state index contributed by atoms with van der Waals surface area (Å²) in [7, 11) is -1.48. The number of rotatable bonds is 7.